The number of nitrogens with zero attached hydrogens (tertiary/aromatic N) is 1. The van der Waals surface area contributed by atoms with Crippen molar-refractivity contribution in [2.75, 3.05) is 13.2 Å². The summed E-state index contributed by atoms with van der Waals surface area (Å²) in [4.78, 5) is 12.1. The maximum atomic E-state index is 13.1. The molecular weight excluding hydrogens is 406 g/mol. The van der Waals surface area contributed by atoms with Crippen molar-refractivity contribution in [3.05, 3.63) is 29.3 Å². The van der Waals surface area contributed by atoms with Crippen LogP contribution >= 0.6 is 12.2 Å². The average Bonchev–Trinajstić information content (AvgIpc) is 2.51. The number of hydrogen-bond acceptors (Lipinski definition) is 5. The molecule has 1 saturated heterocycles. The zero-order valence-corrected chi connectivity index (χ0v) is 14.2. The zero-order chi connectivity index (χ0) is 21.0. The summed E-state index contributed by atoms with van der Waals surface area (Å²) in [7, 11) is 0. The molecule has 0 spiro atoms. The molecule has 2 rings (SSSR count). The van der Waals surface area contributed by atoms with Crippen molar-refractivity contribution in [3.63, 3.8) is 0 Å². The SMILES string of the molecule is NO.O=C(O)[C@H]1CCN1C(=S)c1ccc(OCC(F)(F)F)c(C(F)(F)F)c1. The third kappa shape index (κ3) is 5.94. The van der Waals surface area contributed by atoms with Gasteiger partial charge in [0.1, 0.15) is 16.8 Å². The Balaban J connectivity index is 0.00000176. The first-order valence-electron chi connectivity index (χ1n) is 7.10. The van der Waals surface area contributed by atoms with Crippen molar-refractivity contribution < 1.29 is 46.2 Å². The van der Waals surface area contributed by atoms with E-state index in [-0.39, 0.29) is 17.1 Å². The van der Waals surface area contributed by atoms with Gasteiger partial charge in [-0.1, -0.05) is 12.2 Å². The number of thiocarbonyl (C=S) groups is 1. The van der Waals surface area contributed by atoms with Gasteiger partial charge in [0.2, 0.25) is 0 Å². The van der Waals surface area contributed by atoms with Gasteiger partial charge in [-0.25, -0.2) is 10.7 Å². The lowest BCUT2D eigenvalue weighted by atomic mass is 10.0. The van der Waals surface area contributed by atoms with Crippen LogP contribution in [0.3, 0.4) is 0 Å². The Morgan fingerprint density at radius 3 is 2.26 bits per heavy atom. The molecule has 0 aliphatic carbocycles. The number of halogens is 6. The predicted octanol–water partition coefficient (Wildman–Crippen LogP) is 2.82. The highest BCUT2D eigenvalue weighted by Crippen LogP contribution is 2.38. The van der Waals surface area contributed by atoms with E-state index in [1.807, 2.05) is 0 Å². The second kappa shape index (κ2) is 8.71. The van der Waals surface area contributed by atoms with Gasteiger partial charge in [0.05, 0.1) is 5.56 Å². The van der Waals surface area contributed by atoms with Crippen molar-refractivity contribution >= 4 is 23.2 Å². The molecule has 0 aromatic heterocycles. The van der Waals surface area contributed by atoms with E-state index in [9.17, 15) is 31.1 Å². The van der Waals surface area contributed by atoms with E-state index in [2.05, 4.69) is 10.6 Å². The normalized spacial score (nSPS) is 16.7. The van der Waals surface area contributed by atoms with E-state index in [1.165, 1.54) is 4.90 Å². The molecule has 0 radical (unpaired) electrons. The van der Waals surface area contributed by atoms with Crippen molar-refractivity contribution in [3.8, 4) is 5.75 Å². The van der Waals surface area contributed by atoms with Crippen molar-refractivity contribution in [1.82, 2.24) is 4.90 Å². The monoisotopic (exact) mass is 420 g/mol. The summed E-state index contributed by atoms with van der Waals surface area (Å²) in [5, 5.41) is 15.5. The van der Waals surface area contributed by atoms with Crippen LogP contribution in [0.2, 0.25) is 0 Å². The van der Waals surface area contributed by atoms with Gasteiger partial charge < -0.3 is 20.0 Å². The topological polar surface area (TPSA) is 96.0 Å². The van der Waals surface area contributed by atoms with Gasteiger partial charge in [-0.2, -0.15) is 26.3 Å². The number of carbonyl (C=O) groups is 1. The van der Waals surface area contributed by atoms with Crippen LogP contribution in [0, 0.1) is 0 Å². The molecule has 4 N–H and O–H groups in total. The Kier molecular flexibility index (Phi) is 7.40. The first-order valence-corrected chi connectivity index (χ1v) is 7.51. The standard InChI is InChI=1S/C14H11F6NO3S.H3NO/c15-13(16,17)6-24-10-2-1-7(5-8(10)14(18,19)20)11(25)21-4-3-9(21)12(22)23;1-2/h1-2,5,9H,3-4,6H2,(H,22,23);2H,1H2/t9-;/m1./s1. The number of likely N-dealkylation sites (tertiary alicyclic amines) is 1. The lowest BCUT2D eigenvalue weighted by molar-refractivity contribution is -0.158. The fourth-order valence-corrected chi connectivity index (χ4v) is 2.57. The molecule has 1 atom stereocenters. The number of alkyl halides is 6. The average molecular weight is 420 g/mol. The third-order valence-electron chi connectivity index (χ3n) is 3.49. The Morgan fingerprint density at radius 1 is 1.26 bits per heavy atom. The minimum absolute atomic E-state index is 0.118. The van der Waals surface area contributed by atoms with Crippen LogP contribution in [-0.2, 0) is 11.0 Å². The van der Waals surface area contributed by atoms with E-state index in [4.69, 9.17) is 22.5 Å². The van der Waals surface area contributed by atoms with Gasteiger partial charge >= 0.3 is 18.3 Å². The second-order valence-corrected chi connectivity index (χ2v) is 5.64. The zero-order valence-electron chi connectivity index (χ0n) is 13.3. The van der Waals surface area contributed by atoms with Gasteiger partial charge in [0, 0.05) is 12.1 Å². The highest BCUT2D eigenvalue weighted by molar-refractivity contribution is 7.80. The number of carboxylic acids is 1. The summed E-state index contributed by atoms with van der Waals surface area (Å²) >= 11 is 5.01. The first-order chi connectivity index (χ1) is 12.4. The summed E-state index contributed by atoms with van der Waals surface area (Å²) in [6.45, 7) is -1.60. The summed E-state index contributed by atoms with van der Waals surface area (Å²) in [6.07, 6.45) is -9.45. The van der Waals surface area contributed by atoms with E-state index in [1.54, 1.807) is 0 Å². The molecule has 1 aromatic carbocycles. The van der Waals surface area contributed by atoms with Crippen molar-refractivity contribution in [2.45, 2.75) is 24.8 Å². The lowest BCUT2D eigenvalue weighted by Crippen LogP contribution is -2.54. The Hall–Kier alpha value is -2.12. The number of rotatable bonds is 4. The number of nitrogens with two attached hydrogens (primary N) is 1. The minimum atomic E-state index is -4.96. The van der Waals surface area contributed by atoms with Gasteiger partial charge in [-0.05, 0) is 24.6 Å². The highest BCUT2D eigenvalue weighted by atomic mass is 32.1. The molecule has 0 saturated carbocycles. The number of benzene rings is 1. The molecule has 1 aliphatic heterocycles. The predicted molar refractivity (Wildman–Crippen MR) is 83.4 cm³/mol. The Bertz CT molecular complexity index is 695. The van der Waals surface area contributed by atoms with Crippen LogP contribution in [0.5, 0.6) is 5.75 Å². The Morgan fingerprint density at radius 2 is 1.85 bits per heavy atom. The number of carboxylic acid groups (broad SMARTS) is 1. The third-order valence-corrected chi connectivity index (χ3v) is 3.96. The van der Waals surface area contributed by atoms with E-state index < -0.39 is 42.3 Å². The van der Waals surface area contributed by atoms with Crippen LogP contribution < -0.4 is 10.6 Å². The molecule has 0 unspecified atom stereocenters. The fourth-order valence-electron chi connectivity index (χ4n) is 2.22. The number of ether oxygens (including phenoxy) is 1. The molecule has 27 heavy (non-hydrogen) atoms. The van der Waals surface area contributed by atoms with Gasteiger partial charge in [0.15, 0.2) is 6.61 Å². The maximum absolute atomic E-state index is 13.1. The molecule has 0 amide bonds. The van der Waals surface area contributed by atoms with E-state index >= 15 is 0 Å². The molecule has 1 aromatic rings. The number of aliphatic carboxylic acids is 1. The summed E-state index contributed by atoms with van der Waals surface area (Å²) in [5.41, 5.74) is -1.53. The van der Waals surface area contributed by atoms with Gasteiger partial charge in [-0.15, -0.1) is 0 Å². The largest absolute Gasteiger partial charge is 0.483 e. The fraction of sp³-hybridized carbons (Fsp3) is 0.429. The number of hydrogen-bond donors (Lipinski definition) is 3. The maximum Gasteiger partial charge on any atom is 0.422 e. The molecular formula is C14H14F6N2O4S. The molecule has 6 nitrogen and oxygen atoms in total. The van der Waals surface area contributed by atoms with Crippen LogP contribution in [0.15, 0.2) is 18.2 Å². The molecule has 0 bridgehead atoms. The van der Waals surface area contributed by atoms with Gasteiger partial charge in [0.25, 0.3) is 0 Å². The molecule has 1 aliphatic rings. The van der Waals surface area contributed by atoms with Crippen molar-refractivity contribution in [1.29, 1.82) is 0 Å². The lowest BCUT2D eigenvalue weighted by Gasteiger charge is -2.40. The minimum Gasteiger partial charge on any atom is -0.483 e. The van der Waals surface area contributed by atoms with E-state index in [0.29, 0.717) is 12.5 Å². The van der Waals surface area contributed by atoms with Crippen LogP contribution in [0.25, 0.3) is 0 Å². The summed E-state index contributed by atoms with van der Waals surface area (Å²) in [5.74, 6) is 1.37. The smallest absolute Gasteiger partial charge is 0.422 e. The van der Waals surface area contributed by atoms with Crippen LogP contribution in [0.4, 0.5) is 26.3 Å². The Labute approximate surface area is 154 Å². The molecule has 1 fully saturated rings. The molecule has 152 valence electrons. The van der Waals surface area contributed by atoms with Crippen molar-refractivity contribution in [2.24, 2.45) is 5.90 Å². The second-order valence-electron chi connectivity index (χ2n) is 5.25. The summed E-state index contributed by atoms with van der Waals surface area (Å²) < 4.78 is 80.0. The molecule has 13 heteroatoms. The van der Waals surface area contributed by atoms with Crippen LogP contribution in [-0.4, -0.2) is 51.5 Å². The van der Waals surface area contributed by atoms with Gasteiger partial charge in [-0.3, -0.25) is 0 Å². The quantitative estimate of drug-likeness (QED) is 0.392. The molecule has 1 heterocycles. The van der Waals surface area contributed by atoms with Crippen LogP contribution in [0.1, 0.15) is 17.5 Å². The first kappa shape index (κ1) is 22.9. The van der Waals surface area contributed by atoms with E-state index in [0.717, 1.165) is 12.1 Å². The highest BCUT2D eigenvalue weighted by Gasteiger charge is 2.39. The summed E-state index contributed by atoms with van der Waals surface area (Å²) in [6, 6.07) is 1.44.